The standard InChI is InChI=1S/C29H32F6N2O3/c1-16-5-3-4-6-22(16)26-24-14-23(36-21-7-9-39-10-8-21)27(38)37(24)15-25(26)40-17(2)18-11-19(28(30,31)32)13-20(12-18)29(33,34)35/h3-6,11-13,17,21,23-26,36H,7-10,14-15H2,1-2H3/t17-,23?,24+,25+,26?/m1/s1. The SMILES string of the molecule is Cc1ccccc1C1[C@@H](O[C@H](C)c2cc(C(F)(F)F)cc(C(F)(F)F)c2)CN2C(=O)C(NC3CCOCC3)C[C@@H]12. The van der Waals surface area contributed by atoms with Gasteiger partial charge in [-0.15, -0.1) is 0 Å². The van der Waals surface area contributed by atoms with Crippen LogP contribution in [0, 0.1) is 6.92 Å². The van der Waals surface area contributed by atoms with Gasteiger partial charge in [-0.3, -0.25) is 4.79 Å². The van der Waals surface area contributed by atoms with Crippen LogP contribution < -0.4 is 5.32 Å². The molecule has 5 rings (SSSR count). The van der Waals surface area contributed by atoms with Crippen molar-refractivity contribution in [2.75, 3.05) is 19.8 Å². The zero-order chi connectivity index (χ0) is 28.8. The van der Waals surface area contributed by atoms with Gasteiger partial charge < -0.3 is 19.7 Å². The van der Waals surface area contributed by atoms with E-state index in [0.717, 1.165) is 24.0 Å². The summed E-state index contributed by atoms with van der Waals surface area (Å²) < 4.78 is 92.5. The second-order valence-electron chi connectivity index (χ2n) is 10.9. The van der Waals surface area contributed by atoms with Crippen molar-refractivity contribution in [3.63, 3.8) is 0 Å². The predicted octanol–water partition coefficient (Wildman–Crippen LogP) is 6.01. The van der Waals surface area contributed by atoms with Crippen molar-refractivity contribution in [2.45, 2.75) is 81.7 Å². The molecule has 3 saturated heterocycles. The van der Waals surface area contributed by atoms with Gasteiger partial charge in [0.25, 0.3) is 0 Å². The highest BCUT2D eigenvalue weighted by Gasteiger charge is 2.53. The molecular weight excluding hydrogens is 538 g/mol. The molecule has 3 fully saturated rings. The average Bonchev–Trinajstić information content (AvgIpc) is 3.39. The molecule has 0 aliphatic carbocycles. The van der Waals surface area contributed by atoms with Gasteiger partial charge in [-0.05, 0) is 68.0 Å². The van der Waals surface area contributed by atoms with Crippen LogP contribution in [0.15, 0.2) is 42.5 Å². The van der Waals surface area contributed by atoms with Crippen molar-refractivity contribution in [3.05, 3.63) is 70.3 Å². The van der Waals surface area contributed by atoms with Gasteiger partial charge in [0.1, 0.15) is 0 Å². The van der Waals surface area contributed by atoms with Gasteiger partial charge in [0.15, 0.2) is 0 Å². The first-order valence-electron chi connectivity index (χ1n) is 13.5. The molecule has 2 aromatic carbocycles. The van der Waals surface area contributed by atoms with Crippen LogP contribution in [0.1, 0.15) is 66.0 Å². The van der Waals surface area contributed by atoms with Gasteiger partial charge in [-0.1, -0.05) is 24.3 Å². The van der Waals surface area contributed by atoms with Crippen molar-refractivity contribution in [3.8, 4) is 0 Å². The van der Waals surface area contributed by atoms with E-state index in [1.54, 1.807) is 4.90 Å². The lowest BCUT2D eigenvalue weighted by molar-refractivity contribution is -0.143. The van der Waals surface area contributed by atoms with E-state index < -0.39 is 35.7 Å². The minimum atomic E-state index is -4.95. The number of amides is 1. The van der Waals surface area contributed by atoms with E-state index in [4.69, 9.17) is 9.47 Å². The van der Waals surface area contributed by atoms with Gasteiger partial charge in [0, 0.05) is 37.8 Å². The molecule has 2 unspecified atom stereocenters. The van der Waals surface area contributed by atoms with Gasteiger partial charge >= 0.3 is 12.4 Å². The highest BCUT2D eigenvalue weighted by molar-refractivity contribution is 5.85. The average molecular weight is 571 g/mol. The largest absolute Gasteiger partial charge is 0.416 e. The summed E-state index contributed by atoms with van der Waals surface area (Å²) >= 11 is 0. The lowest BCUT2D eigenvalue weighted by atomic mass is 9.85. The molecule has 40 heavy (non-hydrogen) atoms. The molecule has 3 aliphatic heterocycles. The first-order valence-corrected chi connectivity index (χ1v) is 13.5. The molecule has 1 amide bonds. The van der Waals surface area contributed by atoms with Crippen molar-refractivity contribution < 1.29 is 40.6 Å². The summed E-state index contributed by atoms with van der Waals surface area (Å²) in [5.74, 6) is -0.353. The third kappa shape index (κ3) is 5.87. The molecule has 2 aromatic rings. The molecule has 0 saturated carbocycles. The molecule has 1 N–H and O–H groups in total. The minimum absolute atomic E-state index is 0.0627. The number of ether oxygens (including phenoxy) is 2. The number of hydrogen-bond donors (Lipinski definition) is 1. The number of benzene rings is 2. The van der Waals surface area contributed by atoms with Crippen LogP contribution in [-0.2, 0) is 26.6 Å². The fourth-order valence-electron chi connectivity index (χ4n) is 6.29. The summed E-state index contributed by atoms with van der Waals surface area (Å²) in [6.07, 6.45) is -9.43. The number of nitrogens with zero attached hydrogens (tertiary/aromatic N) is 1. The van der Waals surface area contributed by atoms with E-state index in [0.29, 0.717) is 31.8 Å². The molecule has 0 bridgehead atoms. The molecule has 0 aromatic heterocycles. The summed E-state index contributed by atoms with van der Waals surface area (Å²) in [6, 6.07) is 8.78. The number of carbonyl (C=O) groups is 1. The van der Waals surface area contributed by atoms with Crippen LogP contribution >= 0.6 is 0 Å². The highest BCUT2D eigenvalue weighted by Crippen LogP contribution is 2.45. The van der Waals surface area contributed by atoms with Crippen LogP contribution in [0.2, 0.25) is 0 Å². The van der Waals surface area contributed by atoms with E-state index in [1.165, 1.54) is 6.92 Å². The van der Waals surface area contributed by atoms with E-state index in [9.17, 15) is 31.1 Å². The number of rotatable bonds is 6. The fraction of sp³-hybridized carbons (Fsp3) is 0.552. The lowest BCUT2D eigenvalue weighted by Crippen LogP contribution is -2.46. The number of fused-ring (bicyclic) bond motifs is 1. The number of carbonyl (C=O) groups excluding carboxylic acids is 1. The fourth-order valence-corrected chi connectivity index (χ4v) is 6.29. The van der Waals surface area contributed by atoms with E-state index in [-0.39, 0.29) is 48.1 Å². The topological polar surface area (TPSA) is 50.8 Å². The summed E-state index contributed by atoms with van der Waals surface area (Å²) in [5.41, 5.74) is -1.06. The van der Waals surface area contributed by atoms with Crippen molar-refractivity contribution in [1.29, 1.82) is 0 Å². The lowest BCUT2D eigenvalue weighted by Gasteiger charge is -2.29. The number of hydrogen-bond acceptors (Lipinski definition) is 4. The third-order valence-corrected chi connectivity index (χ3v) is 8.31. The molecule has 0 radical (unpaired) electrons. The Bertz CT molecular complexity index is 1190. The minimum Gasteiger partial charge on any atom is -0.381 e. The number of aryl methyl sites for hydroxylation is 1. The number of alkyl halides is 6. The maximum absolute atomic E-state index is 13.5. The Hall–Kier alpha value is -2.63. The predicted molar refractivity (Wildman–Crippen MR) is 135 cm³/mol. The molecule has 11 heteroatoms. The maximum atomic E-state index is 13.5. The molecule has 5 nitrogen and oxygen atoms in total. The van der Waals surface area contributed by atoms with E-state index in [1.807, 2.05) is 31.2 Å². The number of nitrogens with one attached hydrogen (secondary N) is 1. The van der Waals surface area contributed by atoms with Crippen LogP contribution in [-0.4, -0.2) is 54.8 Å². The smallest absolute Gasteiger partial charge is 0.381 e. The Morgan fingerprint density at radius 1 is 1.00 bits per heavy atom. The monoisotopic (exact) mass is 570 g/mol. The first-order chi connectivity index (χ1) is 18.8. The Labute approximate surface area is 228 Å². The van der Waals surface area contributed by atoms with Gasteiger partial charge in [0.05, 0.1) is 29.4 Å². The van der Waals surface area contributed by atoms with Gasteiger partial charge in [-0.25, -0.2) is 0 Å². The molecule has 0 spiro atoms. The second kappa shape index (κ2) is 11.0. The molecular formula is C29H32F6N2O3. The zero-order valence-corrected chi connectivity index (χ0v) is 22.2. The second-order valence-corrected chi connectivity index (χ2v) is 10.9. The molecule has 3 heterocycles. The number of halogens is 6. The van der Waals surface area contributed by atoms with Crippen molar-refractivity contribution in [2.24, 2.45) is 0 Å². The van der Waals surface area contributed by atoms with Crippen LogP contribution in [0.5, 0.6) is 0 Å². The van der Waals surface area contributed by atoms with Crippen molar-refractivity contribution >= 4 is 5.91 Å². The van der Waals surface area contributed by atoms with E-state index >= 15 is 0 Å². The first kappa shape index (κ1) is 28.9. The summed E-state index contributed by atoms with van der Waals surface area (Å²) in [4.78, 5) is 15.2. The molecule has 5 atom stereocenters. The Balaban J connectivity index is 1.42. The van der Waals surface area contributed by atoms with Gasteiger partial charge in [-0.2, -0.15) is 26.3 Å². The Morgan fingerprint density at radius 2 is 1.62 bits per heavy atom. The van der Waals surface area contributed by atoms with Crippen LogP contribution in [0.3, 0.4) is 0 Å². The highest BCUT2D eigenvalue weighted by atomic mass is 19.4. The maximum Gasteiger partial charge on any atom is 0.416 e. The quantitative estimate of drug-likeness (QED) is 0.432. The molecule has 3 aliphatic rings. The summed E-state index contributed by atoms with van der Waals surface area (Å²) in [7, 11) is 0. The summed E-state index contributed by atoms with van der Waals surface area (Å²) in [6.45, 7) is 4.86. The van der Waals surface area contributed by atoms with Crippen molar-refractivity contribution in [1.82, 2.24) is 10.2 Å². The Kier molecular flexibility index (Phi) is 7.93. The van der Waals surface area contributed by atoms with Gasteiger partial charge in [0.2, 0.25) is 5.91 Å². The van der Waals surface area contributed by atoms with E-state index in [2.05, 4.69) is 5.32 Å². The normalized spacial score (nSPS) is 26.8. The zero-order valence-electron chi connectivity index (χ0n) is 22.2. The van der Waals surface area contributed by atoms with Crippen LogP contribution in [0.4, 0.5) is 26.3 Å². The van der Waals surface area contributed by atoms with Crippen LogP contribution in [0.25, 0.3) is 0 Å². The third-order valence-electron chi connectivity index (χ3n) is 8.31. The molecule has 218 valence electrons. The summed E-state index contributed by atoms with van der Waals surface area (Å²) in [5, 5.41) is 3.48. The Morgan fingerprint density at radius 3 is 2.23 bits per heavy atom.